The Morgan fingerprint density at radius 3 is 2.71 bits per heavy atom. The number of aliphatic hydroxyl groups excluding tert-OH is 1. The van der Waals surface area contributed by atoms with Crippen LogP contribution in [0.15, 0.2) is 48.5 Å². The van der Waals surface area contributed by atoms with E-state index in [2.05, 4.69) is 4.98 Å². The van der Waals surface area contributed by atoms with Crippen molar-refractivity contribution in [2.45, 2.75) is 13.5 Å². The highest BCUT2D eigenvalue weighted by atomic mass is 19.1. The molecule has 3 aromatic rings. The summed E-state index contributed by atoms with van der Waals surface area (Å²) in [5.74, 6) is 0.546. The number of aliphatic hydroxyl groups is 1. The molecule has 0 atom stereocenters. The second kappa shape index (κ2) is 5.50. The first kappa shape index (κ1) is 13.5. The number of pyridine rings is 1. The van der Waals surface area contributed by atoms with Crippen molar-refractivity contribution in [3.05, 3.63) is 65.5 Å². The van der Waals surface area contributed by atoms with Crippen molar-refractivity contribution >= 4 is 10.9 Å². The van der Waals surface area contributed by atoms with Gasteiger partial charge in [-0.15, -0.1) is 0 Å². The Morgan fingerprint density at radius 2 is 1.95 bits per heavy atom. The van der Waals surface area contributed by atoms with E-state index in [9.17, 15) is 9.50 Å². The fraction of sp³-hybridized carbons (Fsp3) is 0.118. The third-order valence-electron chi connectivity index (χ3n) is 3.28. The molecule has 2 aromatic carbocycles. The van der Waals surface area contributed by atoms with E-state index >= 15 is 0 Å². The summed E-state index contributed by atoms with van der Waals surface area (Å²) in [4.78, 5) is 4.42. The smallest absolute Gasteiger partial charge is 0.225 e. The highest BCUT2D eigenvalue weighted by molar-refractivity contribution is 5.80. The summed E-state index contributed by atoms with van der Waals surface area (Å²) in [5.41, 5.74) is 1.87. The third-order valence-corrected chi connectivity index (χ3v) is 3.28. The summed E-state index contributed by atoms with van der Waals surface area (Å²) in [5, 5.41) is 10.4. The van der Waals surface area contributed by atoms with Gasteiger partial charge in [-0.1, -0.05) is 18.2 Å². The lowest BCUT2D eigenvalue weighted by Crippen LogP contribution is -1.96. The molecule has 21 heavy (non-hydrogen) atoms. The number of fused-ring (bicyclic) bond motifs is 1. The van der Waals surface area contributed by atoms with Gasteiger partial charge < -0.3 is 9.84 Å². The summed E-state index contributed by atoms with van der Waals surface area (Å²) >= 11 is 0. The molecule has 1 heterocycles. The van der Waals surface area contributed by atoms with E-state index < -0.39 is 0 Å². The van der Waals surface area contributed by atoms with Gasteiger partial charge in [0.1, 0.15) is 11.6 Å². The number of hydrogen-bond donors (Lipinski definition) is 1. The molecule has 3 nitrogen and oxygen atoms in total. The van der Waals surface area contributed by atoms with Gasteiger partial charge in [-0.05, 0) is 42.8 Å². The fourth-order valence-electron chi connectivity index (χ4n) is 2.14. The first-order chi connectivity index (χ1) is 10.2. The Hall–Kier alpha value is -2.46. The standard InChI is InChI=1S/C17H14FNO2/c1-11-8-14(6-7-15(11)18)21-17-13(10-20)9-12-4-2-3-5-16(12)19-17/h2-9,20H,10H2,1H3. The summed E-state index contributed by atoms with van der Waals surface area (Å²) < 4.78 is 19.0. The van der Waals surface area contributed by atoms with Crippen molar-refractivity contribution < 1.29 is 14.2 Å². The zero-order valence-electron chi connectivity index (χ0n) is 11.5. The summed E-state index contributed by atoms with van der Waals surface area (Å²) in [6, 6.07) is 13.9. The number of benzene rings is 2. The molecule has 0 aliphatic heterocycles. The van der Waals surface area contributed by atoms with Crippen molar-refractivity contribution in [3.63, 3.8) is 0 Å². The molecule has 106 valence electrons. The Kier molecular flexibility index (Phi) is 3.54. The maximum absolute atomic E-state index is 13.3. The molecule has 4 heteroatoms. The van der Waals surface area contributed by atoms with Crippen LogP contribution in [0.1, 0.15) is 11.1 Å². The van der Waals surface area contributed by atoms with Crippen molar-refractivity contribution in [3.8, 4) is 11.6 Å². The number of ether oxygens (including phenoxy) is 1. The van der Waals surface area contributed by atoms with Crippen molar-refractivity contribution in [2.75, 3.05) is 0 Å². The molecule has 0 fully saturated rings. The minimum atomic E-state index is -0.281. The monoisotopic (exact) mass is 283 g/mol. The molecule has 1 N–H and O–H groups in total. The van der Waals surface area contributed by atoms with Gasteiger partial charge in [0.05, 0.1) is 12.1 Å². The van der Waals surface area contributed by atoms with Crippen molar-refractivity contribution in [2.24, 2.45) is 0 Å². The SMILES string of the molecule is Cc1cc(Oc2nc3ccccc3cc2CO)ccc1F. The number of hydrogen-bond acceptors (Lipinski definition) is 3. The second-order valence-corrected chi connectivity index (χ2v) is 4.82. The lowest BCUT2D eigenvalue weighted by molar-refractivity contribution is 0.275. The molecule has 0 aliphatic rings. The van der Waals surface area contributed by atoms with E-state index in [0.29, 0.717) is 22.8 Å². The maximum atomic E-state index is 13.3. The summed E-state index contributed by atoms with van der Waals surface area (Å²) in [7, 11) is 0. The van der Waals surface area contributed by atoms with Gasteiger partial charge >= 0.3 is 0 Å². The van der Waals surface area contributed by atoms with Gasteiger partial charge in [0.15, 0.2) is 0 Å². The van der Waals surface area contributed by atoms with Crippen LogP contribution in [-0.4, -0.2) is 10.1 Å². The van der Waals surface area contributed by atoms with E-state index in [4.69, 9.17) is 4.74 Å². The van der Waals surface area contributed by atoms with E-state index in [1.165, 1.54) is 6.07 Å². The van der Waals surface area contributed by atoms with Gasteiger partial charge in [-0.25, -0.2) is 9.37 Å². The van der Waals surface area contributed by atoms with E-state index in [1.807, 2.05) is 30.3 Å². The zero-order chi connectivity index (χ0) is 14.8. The Labute approximate surface area is 121 Å². The lowest BCUT2D eigenvalue weighted by atomic mass is 10.1. The van der Waals surface area contributed by atoms with Crippen LogP contribution in [0.3, 0.4) is 0 Å². The van der Waals surface area contributed by atoms with Gasteiger partial charge in [-0.3, -0.25) is 0 Å². The molecular weight excluding hydrogens is 269 g/mol. The topological polar surface area (TPSA) is 42.4 Å². The quantitative estimate of drug-likeness (QED) is 0.791. The molecule has 0 saturated heterocycles. The number of nitrogens with zero attached hydrogens (tertiary/aromatic N) is 1. The van der Waals surface area contributed by atoms with Gasteiger partial charge in [-0.2, -0.15) is 0 Å². The predicted molar refractivity (Wildman–Crippen MR) is 78.9 cm³/mol. The Bertz CT molecular complexity index is 802. The van der Waals surface area contributed by atoms with Gasteiger partial charge in [0, 0.05) is 10.9 Å². The van der Waals surface area contributed by atoms with Crippen molar-refractivity contribution in [1.82, 2.24) is 4.98 Å². The molecule has 0 saturated carbocycles. The van der Waals surface area contributed by atoms with E-state index in [-0.39, 0.29) is 12.4 Å². The first-order valence-electron chi connectivity index (χ1n) is 6.61. The number of halogens is 1. The molecule has 0 spiro atoms. The largest absolute Gasteiger partial charge is 0.439 e. The molecule has 0 unspecified atom stereocenters. The number of para-hydroxylation sites is 1. The molecule has 3 rings (SSSR count). The van der Waals surface area contributed by atoms with Crippen LogP contribution in [0, 0.1) is 12.7 Å². The highest BCUT2D eigenvalue weighted by Crippen LogP contribution is 2.28. The van der Waals surface area contributed by atoms with Crippen LogP contribution in [0.2, 0.25) is 0 Å². The van der Waals surface area contributed by atoms with Crippen molar-refractivity contribution in [1.29, 1.82) is 0 Å². The van der Waals surface area contributed by atoms with Crippen LogP contribution in [0.5, 0.6) is 11.6 Å². The lowest BCUT2D eigenvalue weighted by Gasteiger charge is -2.11. The molecule has 0 aliphatic carbocycles. The normalized spacial score (nSPS) is 10.8. The molecule has 1 aromatic heterocycles. The summed E-state index contributed by atoms with van der Waals surface area (Å²) in [6.45, 7) is 1.50. The minimum absolute atomic E-state index is 0.173. The van der Waals surface area contributed by atoms with Crippen LogP contribution in [0.4, 0.5) is 4.39 Å². The minimum Gasteiger partial charge on any atom is -0.439 e. The molecule has 0 bridgehead atoms. The maximum Gasteiger partial charge on any atom is 0.225 e. The molecular formula is C17H14FNO2. The average Bonchev–Trinajstić information content (AvgIpc) is 2.50. The van der Waals surface area contributed by atoms with Gasteiger partial charge in [0.25, 0.3) is 0 Å². The third kappa shape index (κ3) is 2.71. The average molecular weight is 283 g/mol. The number of rotatable bonds is 3. The first-order valence-corrected chi connectivity index (χ1v) is 6.61. The highest BCUT2D eigenvalue weighted by Gasteiger charge is 2.09. The Morgan fingerprint density at radius 1 is 1.14 bits per heavy atom. The molecule has 0 amide bonds. The van der Waals surface area contributed by atoms with E-state index in [0.717, 1.165) is 10.9 Å². The Balaban J connectivity index is 2.04. The zero-order valence-corrected chi connectivity index (χ0v) is 11.5. The van der Waals surface area contributed by atoms with Crippen LogP contribution >= 0.6 is 0 Å². The summed E-state index contributed by atoms with van der Waals surface area (Å²) in [6.07, 6.45) is 0. The fourth-order valence-corrected chi connectivity index (χ4v) is 2.14. The second-order valence-electron chi connectivity index (χ2n) is 4.82. The van der Waals surface area contributed by atoms with Gasteiger partial charge in [0.2, 0.25) is 5.88 Å². The number of aromatic nitrogens is 1. The van der Waals surface area contributed by atoms with Crippen LogP contribution in [0.25, 0.3) is 10.9 Å². The molecule has 0 radical (unpaired) electrons. The predicted octanol–water partition coefficient (Wildman–Crippen LogP) is 3.97. The van der Waals surface area contributed by atoms with E-state index in [1.54, 1.807) is 19.1 Å². The van der Waals surface area contributed by atoms with Crippen LogP contribution in [-0.2, 0) is 6.61 Å². The number of aryl methyl sites for hydroxylation is 1. The van der Waals surface area contributed by atoms with Crippen LogP contribution < -0.4 is 4.74 Å².